The van der Waals surface area contributed by atoms with Crippen LogP contribution in [0.4, 0.5) is 5.95 Å². The van der Waals surface area contributed by atoms with Crippen molar-refractivity contribution in [3.05, 3.63) is 5.82 Å². The van der Waals surface area contributed by atoms with Gasteiger partial charge in [0.15, 0.2) is 5.82 Å². The third-order valence-corrected chi connectivity index (χ3v) is 2.86. The summed E-state index contributed by atoms with van der Waals surface area (Å²) in [5, 5.41) is 7.65. The Labute approximate surface area is 88.6 Å². The Bertz CT molecular complexity index is 331. The third kappa shape index (κ3) is 2.04. The van der Waals surface area contributed by atoms with Crippen LogP contribution in [0.2, 0.25) is 0 Å². The van der Waals surface area contributed by atoms with Crippen LogP contribution in [-0.4, -0.2) is 27.6 Å². The van der Waals surface area contributed by atoms with E-state index in [9.17, 15) is 0 Å². The lowest BCUT2D eigenvalue weighted by molar-refractivity contribution is -0.0246. The van der Waals surface area contributed by atoms with Crippen molar-refractivity contribution < 1.29 is 4.74 Å². The average molecular weight is 211 g/mol. The minimum Gasteiger partial charge on any atom is -0.378 e. The Hall–Kier alpha value is -1.30. The number of aromatic nitrogens is 3. The van der Waals surface area contributed by atoms with Crippen LogP contribution >= 0.6 is 0 Å². The van der Waals surface area contributed by atoms with E-state index in [0.717, 1.165) is 31.7 Å². The summed E-state index contributed by atoms with van der Waals surface area (Å²) in [5.74, 6) is 7.29. The second-order valence-corrected chi connectivity index (χ2v) is 3.96. The van der Waals surface area contributed by atoms with Crippen LogP contribution in [0.3, 0.4) is 0 Å². The van der Waals surface area contributed by atoms with Gasteiger partial charge in [-0.3, -0.25) is 0 Å². The van der Waals surface area contributed by atoms with Gasteiger partial charge in [0.2, 0.25) is 5.95 Å². The number of anilines is 1. The molecule has 6 nitrogen and oxygen atoms in total. The molecule has 4 N–H and O–H groups in total. The van der Waals surface area contributed by atoms with Gasteiger partial charge >= 0.3 is 0 Å². The lowest BCUT2D eigenvalue weighted by atomic mass is 9.80. The van der Waals surface area contributed by atoms with Crippen molar-refractivity contribution in [3.8, 4) is 0 Å². The SMILES string of the molecule is CCOC1CC(Cc2nnc(N)n2N)C1. The topological polar surface area (TPSA) is 92.0 Å². The molecule has 1 heterocycles. The van der Waals surface area contributed by atoms with Crippen molar-refractivity contribution in [1.82, 2.24) is 14.9 Å². The lowest BCUT2D eigenvalue weighted by Crippen LogP contribution is -2.33. The van der Waals surface area contributed by atoms with E-state index in [2.05, 4.69) is 10.2 Å². The maximum Gasteiger partial charge on any atom is 0.240 e. The predicted molar refractivity (Wildman–Crippen MR) is 56.4 cm³/mol. The normalized spacial score (nSPS) is 25.1. The molecule has 15 heavy (non-hydrogen) atoms. The van der Waals surface area contributed by atoms with Crippen LogP contribution in [-0.2, 0) is 11.2 Å². The Kier molecular flexibility index (Phi) is 2.77. The molecule has 0 aromatic carbocycles. The average Bonchev–Trinajstić information content (AvgIpc) is 2.46. The van der Waals surface area contributed by atoms with E-state index in [1.807, 2.05) is 6.92 Å². The molecular formula is C9H17N5O. The number of hydrogen-bond donors (Lipinski definition) is 2. The van der Waals surface area contributed by atoms with Gasteiger partial charge in [0.05, 0.1) is 6.10 Å². The summed E-state index contributed by atoms with van der Waals surface area (Å²) in [6.45, 7) is 2.81. The molecule has 0 bridgehead atoms. The maximum atomic E-state index is 5.66. The molecule has 0 unspecified atom stereocenters. The number of rotatable bonds is 4. The van der Waals surface area contributed by atoms with E-state index in [4.69, 9.17) is 16.3 Å². The Morgan fingerprint density at radius 2 is 2.20 bits per heavy atom. The smallest absolute Gasteiger partial charge is 0.240 e. The lowest BCUT2D eigenvalue weighted by Gasteiger charge is -2.34. The highest BCUT2D eigenvalue weighted by atomic mass is 16.5. The van der Waals surface area contributed by atoms with Crippen molar-refractivity contribution in [2.24, 2.45) is 5.92 Å². The summed E-state index contributed by atoms with van der Waals surface area (Å²) in [5.41, 5.74) is 5.49. The van der Waals surface area contributed by atoms with E-state index in [-0.39, 0.29) is 5.95 Å². The molecule has 0 saturated heterocycles. The van der Waals surface area contributed by atoms with Crippen LogP contribution in [0.15, 0.2) is 0 Å². The fourth-order valence-corrected chi connectivity index (χ4v) is 1.95. The molecule has 0 atom stereocenters. The fraction of sp³-hybridized carbons (Fsp3) is 0.778. The Morgan fingerprint density at radius 1 is 1.47 bits per heavy atom. The second kappa shape index (κ2) is 4.06. The Morgan fingerprint density at radius 3 is 2.73 bits per heavy atom. The van der Waals surface area contributed by atoms with Gasteiger partial charge in [-0.1, -0.05) is 0 Å². The molecule has 0 aliphatic heterocycles. The first-order chi connectivity index (χ1) is 7.20. The standard InChI is InChI=1S/C9H17N5O/c1-2-15-7-3-6(4-7)5-8-12-13-9(10)14(8)11/h6-7H,2-5,11H2,1H3,(H2,10,13). The van der Waals surface area contributed by atoms with Gasteiger partial charge in [0, 0.05) is 13.0 Å². The van der Waals surface area contributed by atoms with Crippen LogP contribution in [0.1, 0.15) is 25.6 Å². The zero-order valence-corrected chi connectivity index (χ0v) is 8.89. The number of hydrogen-bond acceptors (Lipinski definition) is 5. The molecule has 1 aromatic heterocycles. The summed E-state index contributed by atoms with van der Waals surface area (Å²) >= 11 is 0. The first kappa shape index (κ1) is 10.2. The molecule has 84 valence electrons. The highest BCUT2D eigenvalue weighted by Crippen LogP contribution is 2.32. The second-order valence-electron chi connectivity index (χ2n) is 3.96. The van der Waals surface area contributed by atoms with Crippen LogP contribution in [0.25, 0.3) is 0 Å². The summed E-state index contributed by atoms with van der Waals surface area (Å²) in [6.07, 6.45) is 3.43. The summed E-state index contributed by atoms with van der Waals surface area (Å²) in [4.78, 5) is 0. The molecule has 1 fully saturated rings. The van der Waals surface area contributed by atoms with Crippen molar-refractivity contribution in [2.75, 3.05) is 18.2 Å². The minimum absolute atomic E-state index is 0.269. The number of nitrogens with zero attached hydrogens (tertiary/aromatic N) is 3. The molecule has 1 aromatic rings. The van der Waals surface area contributed by atoms with Gasteiger partial charge in [0.1, 0.15) is 0 Å². The van der Waals surface area contributed by atoms with E-state index < -0.39 is 0 Å². The van der Waals surface area contributed by atoms with Gasteiger partial charge in [-0.15, -0.1) is 10.2 Å². The highest BCUT2D eigenvalue weighted by molar-refractivity contribution is 5.17. The van der Waals surface area contributed by atoms with E-state index in [1.165, 1.54) is 4.68 Å². The largest absolute Gasteiger partial charge is 0.378 e. The quantitative estimate of drug-likeness (QED) is 0.680. The summed E-state index contributed by atoms with van der Waals surface area (Å²) in [7, 11) is 0. The zero-order valence-electron chi connectivity index (χ0n) is 8.89. The predicted octanol–water partition coefficient (Wildman–Crippen LogP) is -0.0683. The Balaban J connectivity index is 1.82. The van der Waals surface area contributed by atoms with Gasteiger partial charge in [-0.25, -0.2) is 4.68 Å². The first-order valence-corrected chi connectivity index (χ1v) is 5.27. The fourth-order valence-electron chi connectivity index (χ4n) is 1.95. The molecule has 6 heteroatoms. The third-order valence-electron chi connectivity index (χ3n) is 2.86. The van der Waals surface area contributed by atoms with E-state index in [1.54, 1.807) is 0 Å². The number of nitrogen functional groups attached to an aromatic ring is 2. The van der Waals surface area contributed by atoms with Crippen LogP contribution < -0.4 is 11.6 Å². The first-order valence-electron chi connectivity index (χ1n) is 5.27. The summed E-state index contributed by atoms with van der Waals surface area (Å²) < 4.78 is 6.84. The van der Waals surface area contributed by atoms with Gasteiger partial charge < -0.3 is 16.3 Å². The van der Waals surface area contributed by atoms with Crippen molar-refractivity contribution >= 4 is 5.95 Å². The molecule has 0 spiro atoms. The molecule has 1 aliphatic rings. The van der Waals surface area contributed by atoms with Crippen molar-refractivity contribution in [1.29, 1.82) is 0 Å². The van der Waals surface area contributed by atoms with Gasteiger partial charge in [-0.05, 0) is 25.7 Å². The minimum atomic E-state index is 0.269. The van der Waals surface area contributed by atoms with Crippen LogP contribution in [0.5, 0.6) is 0 Å². The number of nitrogens with two attached hydrogens (primary N) is 2. The molecule has 0 radical (unpaired) electrons. The van der Waals surface area contributed by atoms with Gasteiger partial charge in [-0.2, -0.15) is 0 Å². The van der Waals surface area contributed by atoms with Gasteiger partial charge in [0.25, 0.3) is 0 Å². The van der Waals surface area contributed by atoms with Crippen molar-refractivity contribution in [3.63, 3.8) is 0 Å². The molecule has 1 saturated carbocycles. The van der Waals surface area contributed by atoms with E-state index >= 15 is 0 Å². The monoisotopic (exact) mass is 211 g/mol. The highest BCUT2D eigenvalue weighted by Gasteiger charge is 2.30. The molecule has 1 aliphatic carbocycles. The summed E-state index contributed by atoms with van der Waals surface area (Å²) in [6, 6.07) is 0. The zero-order chi connectivity index (χ0) is 10.8. The number of ether oxygens (including phenoxy) is 1. The van der Waals surface area contributed by atoms with E-state index in [0.29, 0.717) is 12.0 Å². The molecular weight excluding hydrogens is 194 g/mol. The van der Waals surface area contributed by atoms with Crippen LogP contribution in [0, 0.1) is 5.92 Å². The molecule has 2 rings (SSSR count). The molecule has 0 amide bonds. The van der Waals surface area contributed by atoms with Crippen molar-refractivity contribution in [2.45, 2.75) is 32.3 Å². The maximum absolute atomic E-state index is 5.66.